The summed E-state index contributed by atoms with van der Waals surface area (Å²) in [6.45, 7) is 23.2. The molecule has 0 unspecified atom stereocenters. The van der Waals surface area contributed by atoms with Crippen molar-refractivity contribution in [1.29, 1.82) is 0 Å². The molecular formula is C38H57N5O4. The number of aryl methyl sites for hydroxylation is 1. The molecule has 9 nitrogen and oxygen atoms in total. The monoisotopic (exact) mass is 647 g/mol. The number of hydrogen-bond acceptors (Lipinski definition) is 6. The zero-order chi connectivity index (χ0) is 34.8. The summed E-state index contributed by atoms with van der Waals surface area (Å²) in [5, 5.41) is 12.1. The molecule has 0 fully saturated rings. The number of para-hydroxylation sites is 1. The van der Waals surface area contributed by atoms with Crippen LogP contribution in [0.3, 0.4) is 0 Å². The Balaban J connectivity index is 0.00000294. The SMILES string of the molecule is CC.CCC(C)(C)COC(C)(C)CCOC(C)(C)CCn1nnc2c1-c1ccccc1N(C(=O)CCNC(C)=O)Cc1ccccc1-2. The number of nitrogens with zero attached hydrogens (tertiary/aromatic N) is 4. The van der Waals surface area contributed by atoms with Crippen molar-refractivity contribution in [3.05, 3.63) is 54.1 Å². The van der Waals surface area contributed by atoms with Gasteiger partial charge in [-0.25, -0.2) is 4.68 Å². The van der Waals surface area contributed by atoms with Crippen LogP contribution in [0.2, 0.25) is 0 Å². The van der Waals surface area contributed by atoms with E-state index in [0.29, 0.717) is 19.7 Å². The molecule has 0 spiro atoms. The number of ether oxygens (including phenoxy) is 2. The van der Waals surface area contributed by atoms with Gasteiger partial charge in [0.1, 0.15) is 5.69 Å². The highest BCUT2D eigenvalue weighted by Crippen LogP contribution is 2.41. The second kappa shape index (κ2) is 16.5. The lowest BCUT2D eigenvalue weighted by molar-refractivity contribution is -0.120. The van der Waals surface area contributed by atoms with E-state index in [-0.39, 0.29) is 35.8 Å². The molecule has 3 aromatic rings. The number of amides is 2. The molecule has 4 rings (SSSR count). The molecule has 9 heteroatoms. The van der Waals surface area contributed by atoms with Crippen LogP contribution in [0, 0.1) is 5.41 Å². The first-order valence-electron chi connectivity index (χ1n) is 17.2. The van der Waals surface area contributed by atoms with Crippen molar-refractivity contribution in [3.63, 3.8) is 0 Å². The third-order valence-corrected chi connectivity index (χ3v) is 8.73. The second-order valence-electron chi connectivity index (χ2n) is 14.1. The van der Waals surface area contributed by atoms with E-state index in [0.717, 1.165) is 59.6 Å². The highest BCUT2D eigenvalue weighted by Gasteiger charge is 2.30. The maximum Gasteiger partial charge on any atom is 0.229 e. The predicted molar refractivity (Wildman–Crippen MR) is 190 cm³/mol. The molecule has 0 saturated carbocycles. The Morgan fingerprint density at radius 3 is 2.21 bits per heavy atom. The van der Waals surface area contributed by atoms with Crippen molar-refractivity contribution in [2.45, 2.75) is 119 Å². The first kappa shape index (κ1) is 37.9. The van der Waals surface area contributed by atoms with Gasteiger partial charge in [-0.1, -0.05) is 82.3 Å². The summed E-state index contributed by atoms with van der Waals surface area (Å²) >= 11 is 0. The number of carbonyl (C=O) groups excluding carboxylic acids is 2. The van der Waals surface area contributed by atoms with Crippen molar-refractivity contribution in [1.82, 2.24) is 20.3 Å². The Bertz CT molecular complexity index is 1480. The van der Waals surface area contributed by atoms with E-state index < -0.39 is 5.60 Å². The lowest BCUT2D eigenvalue weighted by Crippen LogP contribution is -2.35. The first-order valence-corrected chi connectivity index (χ1v) is 17.2. The van der Waals surface area contributed by atoms with Gasteiger partial charge in [0.05, 0.1) is 42.3 Å². The molecule has 258 valence electrons. The van der Waals surface area contributed by atoms with Crippen LogP contribution in [0.5, 0.6) is 0 Å². The van der Waals surface area contributed by atoms with E-state index in [1.165, 1.54) is 6.92 Å². The Hall–Kier alpha value is -3.56. The summed E-state index contributed by atoms with van der Waals surface area (Å²) in [5.41, 5.74) is 4.80. The topological polar surface area (TPSA) is 98.6 Å². The van der Waals surface area contributed by atoms with Gasteiger partial charge in [-0.2, -0.15) is 0 Å². The minimum Gasteiger partial charge on any atom is -0.375 e. The molecule has 0 radical (unpaired) electrons. The first-order chi connectivity index (χ1) is 22.2. The van der Waals surface area contributed by atoms with E-state index in [1.807, 2.05) is 72.0 Å². The Morgan fingerprint density at radius 1 is 0.894 bits per heavy atom. The van der Waals surface area contributed by atoms with Gasteiger partial charge in [-0.05, 0) is 64.0 Å². The van der Waals surface area contributed by atoms with Crippen LogP contribution < -0.4 is 10.2 Å². The summed E-state index contributed by atoms with van der Waals surface area (Å²) in [6, 6.07) is 16.0. The fourth-order valence-electron chi connectivity index (χ4n) is 5.26. The molecule has 1 aliphatic heterocycles. The van der Waals surface area contributed by atoms with Crippen LogP contribution in [0.15, 0.2) is 48.5 Å². The van der Waals surface area contributed by atoms with E-state index >= 15 is 0 Å². The molecule has 0 bridgehead atoms. The number of nitrogens with one attached hydrogen (secondary N) is 1. The van der Waals surface area contributed by atoms with Gasteiger partial charge >= 0.3 is 0 Å². The standard InChI is InChI=1S/C36H51N5O4.C2H6/c1-9-34(3,4)25-45-36(7,8)20-23-44-35(5,6)19-22-41-33-29-16-12-13-17-30(29)40(31(43)18-21-37-26(2)42)24-27-14-10-11-15-28(27)32(33)38-39-41;1-2/h10-17H,9,18-25H2,1-8H3,(H,37,42);1-2H3. The van der Waals surface area contributed by atoms with Crippen LogP contribution in [-0.4, -0.2) is 57.8 Å². The quantitative estimate of drug-likeness (QED) is 0.192. The van der Waals surface area contributed by atoms with Crippen molar-refractivity contribution < 1.29 is 19.1 Å². The summed E-state index contributed by atoms with van der Waals surface area (Å²) in [6.07, 6.45) is 2.78. The van der Waals surface area contributed by atoms with Crippen molar-refractivity contribution in [3.8, 4) is 22.5 Å². The lowest BCUT2D eigenvalue weighted by Gasteiger charge is -2.33. The summed E-state index contributed by atoms with van der Waals surface area (Å²) < 4.78 is 14.6. The fourth-order valence-corrected chi connectivity index (χ4v) is 5.26. The lowest BCUT2D eigenvalue weighted by atomic mass is 9.91. The van der Waals surface area contributed by atoms with Crippen LogP contribution in [0.1, 0.15) is 100 Å². The molecule has 0 atom stereocenters. The predicted octanol–water partition coefficient (Wildman–Crippen LogP) is 7.82. The molecule has 47 heavy (non-hydrogen) atoms. The Kier molecular flexibility index (Phi) is 13.3. The molecule has 0 aliphatic carbocycles. The number of benzene rings is 2. The number of hydrogen-bond donors (Lipinski definition) is 1. The van der Waals surface area contributed by atoms with E-state index in [9.17, 15) is 9.59 Å². The van der Waals surface area contributed by atoms with Gasteiger partial charge in [0.2, 0.25) is 11.8 Å². The highest BCUT2D eigenvalue weighted by atomic mass is 16.5. The third kappa shape index (κ3) is 10.5. The largest absolute Gasteiger partial charge is 0.375 e. The van der Waals surface area contributed by atoms with Crippen LogP contribution in [0.25, 0.3) is 22.5 Å². The van der Waals surface area contributed by atoms with Gasteiger partial charge in [-0.15, -0.1) is 5.10 Å². The normalized spacial score (nSPS) is 12.9. The number of aromatic nitrogens is 3. The number of anilines is 1. The molecule has 2 heterocycles. The molecule has 2 amide bonds. The smallest absolute Gasteiger partial charge is 0.229 e. The minimum atomic E-state index is -0.400. The molecule has 1 aliphatic rings. The van der Waals surface area contributed by atoms with Crippen LogP contribution in [-0.2, 0) is 32.2 Å². The molecular weight excluding hydrogens is 590 g/mol. The van der Waals surface area contributed by atoms with Gasteiger partial charge in [0, 0.05) is 37.6 Å². The van der Waals surface area contributed by atoms with Crippen molar-refractivity contribution in [2.75, 3.05) is 24.7 Å². The number of rotatable bonds is 14. The highest BCUT2D eigenvalue weighted by molar-refractivity contribution is 6.00. The summed E-state index contributed by atoms with van der Waals surface area (Å²) in [5.74, 6) is -0.214. The van der Waals surface area contributed by atoms with Crippen molar-refractivity contribution >= 4 is 17.5 Å². The fraction of sp³-hybridized carbons (Fsp3) is 0.579. The Labute approximate surface area is 282 Å². The van der Waals surface area contributed by atoms with Crippen molar-refractivity contribution in [2.24, 2.45) is 5.41 Å². The van der Waals surface area contributed by atoms with Crippen LogP contribution in [0.4, 0.5) is 5.69 Å². The Morgan fingerprint density at radius 2 is 1.53 bits per heavy atom. The van der Waals surface area contributed by atoms with E-state index in [4.69, 9.17) is 9.47 Å². The average Bonchev–Trinajstić information content (AvgIpc) is 3.45. The molecule has 1 aromatic heterocycles. The minimum absolute atomic E-state index is 0.0619. The zero-order valence-corrected chi connectivity index (χ0v) is 30.4. The second-order valence-corrected chi connectivity index (χ2v) is 14.1. The van der Waals surface area contributed by atoms with E-state index in [2.05, 4.69) is 64.1 Å². The number of fused-ring (bicyclic) bond motifs is 5. The van der Waals surface area contributed by atoms with Gasteiger partial charge in [-0.3, -0.25) is 9.59 Å². The van der Waals surface area contributed by atoms with Crippen LogP contribution >= 0.6 is 0 Å². The van der Waals surface area contributed by atoms with Gasteiger partial charge in [0.15, 0.2) is 0 Å². The van der Waals surface area contributed by atoms with Gasteiger partial charge in [0.25, 0.3) is 0 Å². The summed E-state index contributed by atoms with van der Waals surface area (Å²) in [4.78, 5) is 26.9. The molecule has 1 N–H and O–H groups in total. The third-order valence-electron chi connectivity index (χ3n) is 8.73. The maximum atomic E-state index is 13.6. The molecule has 2 aromatic carbocycles. The molecule has 0 saturated heterocycles. The summed E-state index contributed by atoms with van der Waals surface area (Å²) in [7, 11) is 0. The van der Waals surface area contributed by atoms with E-state index in [1.54, 1.807) is 0 Å². The van der Waals surface area contributed by atoms with Gasteiger partial charge < -0.3 is 19.7 Å². The number of carbonyl (C=O) groups is 2. The zero-order valence-electron chi connectivity index (χ0n) is 30.4. The maximum absolute atomic E-state index is 13.6. The average molecular weight is 648 g/mol.